The summed E-state index contributed by atoms with van der Waals surface area (Å²) in [6.45, 7) is 5.46. The Morgan fingerprint density at radius 3 is 2.53 bits per heavy atom. The number of rotatable bonds is 7. The van der Waals surface area contributed by atoms with Crippen LogP contribution in [0.25, 0.3) is 10.9 Å². The Morgan fingerprint density at radius 1 is 1.03 bits per heavy atom. The van der Waals surface area contributed by atoms with Crippen molar-refractivity contribution in [2.45, 2.75) is 32.9 Å². The maximum absolute atomic E-state index is 13.0. The molecular weight excluding hydrogens is 470 g/mol. The van der Waals surface area contributed by atoms with Crippen molar-refractivity contribution in [2.75, 3.05) is 13.3 Å². The number of nitrogens with zero attached hydrogens (tertiary/aromatic N) is 1. The van der Waals surface area contributed by atoms with Gasteiger partial charge in [-0.25, -0.2) is 0 Å². The van der Waals surface area contributed by atoms with Gasteiger partial charge in [0.1, 0.15) is 0 Å². The first-order chi connectivity index (χ1) is 17.5. The van der Waals surface area contributed by atoms with Crippen LogP contribution in [0.1, 0.15) is 35.2 Å². The molecule has 0 spiro atoms. The van der Waals surface area contributed by atoms with E-state index in [4.69, 9.17) is 21.7 Å². The van der Waals surface area contributed by atoms with Gasteiger partial charge in [0, 0.05) is 23.6 Å². The average molecular weight is 500 g/mol. The molecule has 3 aromatic carbocycles. The first kappa shape index (κ1) is 23.9. The number of H-pyrrole nitrogens is 1. The van der Waals surface area contributed by atoms with Crippen LogP contribution >= 0.6 is 12.2 Å². The van der Waals surface area contributed by atoms with Crippen molar-refractivity contribution in [3.63, 3.8) is 0 Å². The topological polar surface area (TPSA) is 66.6 Å². The van der Waals surface area contributed by atoms with Gasteiger partial charge in [0.05, 0.1) is 18.1 Å². The zero-order chi connectivity index (χ0) is 25.1. The van der Waals surface area contributed by atoms with Crippen LogP contribution in [0.15, 0.2) is 77.6 Å². The molecule has 0 bridgehead atoms. The number of hydrogen-bond donors (Lipinski definition) is 2. The predicted molar refractivity (Wildman–Crippen MR) is 147 cm³/mol. The molecule has 4 aromatic rings. The Kier molecular flexibility index (Phi) is 6.91. The lowest BCUT2D eigenvalue weighted by Crippen LogP contribution is -2.42. The number of pyridine rings is 1. The second-order valence-electron chi connectivity index (χ2n) is 9.10. The van der Waals surface area contributed by atoms with Gasteiger partial charge in [-0.3, -0.25) is 4.79 Å². The molecule has 1 aliphatic heterocycles. The van der Waals surface area contributed by atoms with Crippen LogP contribution in [0.2, 0.25) is 0 Å². The minimum absolute atomic E-state index is 0.0364. The highest BCUT2D eigenvalue weighted by molar-refractivity contribution is 7.80. The van der Waals surface area contributed by atoms with Crippen LogP contribution in [0, 0.1) is 6.92 Å². The maximum atomic E-state index is 13.0. The van der Waals surface area contributed by atoms with Crippen molar-refractivity contribution in [1.82, 2.24) is 15.2 Å². The Hall–Kier alpha value is -3.84. The Morgan fingerprint density at radius 2 is 1.75 bits per heavy atom. The van der Waals surface area contributed by atoms with Crippen molar-refractivity contribution >= 4 is 28.2 Å². The number of benzene rings is 3. The number of aromatic amines is 1. The van der Waals surface area contributed by atoms with Crippen LogP contribution in [-0.2, 0) is 13.0 Å². The third-order valence-corrected chi connectivity index (χ3v) is 6.99. The van der Waals surface area contributed by atoms with E-state index in [1.165, 1.54) is 11.1 Å². The average Bonchev–Trinajstić information content (AvgIpc) is 3.34. The van der Waals surface area contributed by atoms with Crippen molar-refractivity contribution < 1.29 is 9.47 Å². The summed E-state index contributed by atoms with van der Waals surface area (Å²) in [5.41, 5.74) is 4.88. The molecule has 5 rings (SSSR count). The molecule has 6 nitrogen and oxygen atoms in total. The van der Waals surface area contributed by atoms with Crippen molar-refractivity contribution in [3.05, 3.63) is 105 Å². The number of hydrogen-bond acceptors (Lipinski definition) is 4. The minimum atomic E-state index is -0.138. The minimum Gasteiger partial charge on any atom is -0.454 e. The molecule has 0 saturated heterocycles. The molecule has 1 aromatic heterocycles. The van der Waals surface area contributed by atoms with Gasteiger partial charge in [-0.05, 0) is 61.3 Å². The van der Waals surface area contributed by atoms with Gasteiger partial charge < -0.3 is 24.7 Å². The lowest BCUT2D eigenvalue weighted by molar-refractivity contribution is 0.174. The van der Waals surface area contributed by atoms with Gasteiger partial charge in [0.25, 0.3) is 5.56 Å². The first-order valence-electron chi connectivity index (χ1n) is 12.1. The molecule has 0 fully saturated rings. The molecule has 0 aliphatic carbocycles. The zero-order valence-corrected chi connectivity index (χ0v) is 21.2. The molecule has 2 heterocycles. The standard InChI is InChI=1S/C29H29N3O3S/c1-19-8-6-7-9-21(19)12-13-32(29(36)30-20(2)22-10-4-3-5-11-22)17-24-14-23-15-26-27(35-18-34-26)16-25(23)31-28(24)33/h3-11,14-16,20H,12-13,17-18H2,1-2H3,(H,30,36)(H,31,33)/t20-/m1/s1. The Bertz CT molecular complexity index is 1450. The van der Waals surface area contributed by atoms with E-state index in [0.717, 1.165) is 22.9 Å². The quantitative estimate of drug-likeness (QED) is 0.339. The van der Waals surface area contributed by atoms with Crippen molar-refractivity contribution in [1.29, 1.82) is 0 Å². The third-order valence-electron chi connectivity index (χ3n) is 6.61. The Balaban J connectivity index is 1.41. The molecule has 1 aliphatic rings. The molecule has 0 radical (unpaired) electrons. The van der Waals surface area contributed by atoms with Crippen LogP contribution < -0.4 is 20.3 Å². The van der Waals surface area contributed by atoms with E-state index in [9.17, 15) is 4.79 Å². The van der Waals surface area contributed by atoms with E-state index in [-0.39, 0.29) is 18.4 Å². The summed E-state index contributed by atoms with van der Waals surface area (Å²) in [6.07, 6.45) is 0.818. The third kappa shape index (κ3) is 5.21. The highest BCUT2D eigenvalue weighted by Gasteiger charge is 2.19. The second kappa shape index (κ2) is 10.4. The largest absolute Gasteiger partial charge is 0.454 e. The smallest absolute Gasteiger partial charge is 0.253 e. The molecule has 36 heavy (non-hydrogen) atoms. The normalized spacial score (nSPS) is 12.9. The van der Waals surface area contributed by atoms with E-state index in [2.05, 4.69) is 59.4 Å². The van der Waals surface area contributed by atoms with E-state index in [1.54, 1.807) is 0 Å². The zero-order valence-electron chi connectivity index (χ0n) is 20.4. The first-order valence-corrected chi connectivity index (χ1v) is 12.5. The molecule has 1 atom stereocenters. The summed E-state index contributed by atoms with van der Waals surface area (Å²) in [6, 6.07) is 24.2. The fraction of sp³-hybridized carbons (Fsp3) is 0.241. The summed E-state index contributed by atoms with van der Waals surface area (Å²) in [5.74, 6) is 1.33. The van der Waals surface area contributed by atoms with Crippen molar-refractivity contribution in [2.24, 2.45) is 0 Å². The van der Waals surface area contributed by atoms with E-state index in [0.29, 0.717) is 35.3 Å². The van der Waals surface area contributed by atoms with Gasteiger partial charge in [0.2, 0.25) is 6.79 Å². The molecular formula is C29H29N3O3S. The highest BCUT2D eigenvalue weighted by atomic mass is 32.1. The molecule has 184 valence electrons. The Labute approximate surface area is 215 Å². The molecule has 2 N–H and O–H groups in total. The SMILES string of the molecule is Cc1ccccc1CCN(Cc1cc2cc3c(cc2[nH]c1=O)OCO3)C(=S)N[C@H](C)c1ccccc1. The molecule has 0 amide bonds. The lowest BCUT2D eigenvalue weighted by atomic mass is 10.1. The predicted octanol–water partition coefficient (Wildman–Crippen LogP) is 5.25. The maximum Gasteiger partial charge on any atom is 0.253 e. The summed E-state index contributed by atoms with van der Waals surface area (Å²) in [5, 5.41) is 4.98. The molecule has 0 saturated carbocycles. The summed E-state index contributed by atoms with van der Waals surface area (Å²) >= 11 is 5.87. The van der Waals surface area contributed by atoms with Gasteiger partial charge >= 0.3 is 0 Å². The van der Waals surface area contributed by atoms with Crippen molar-refractivity contribution in [3.8, 4) is 11.5 Å². The number of aromatic nitrogens is 1. The summed E-state index contributed by atoms with van der Waals surface area (Å²) in [7, 11) is 0. The number of thiocarbonyl (C=S) groups is 1. The molecule has 7 heteroatoms. The molecule has 0 unspecified atom stereocenters. The van der Waals surface area contributed by atoms with E-state index < -0.39 is 0 Å². The van der Waals surface area contributed by atoms with Crippen LogP contribution in [0.5, 0.6) is 11.5 Å². The number of fused-ring (bicyclic) bond motifs is 2. The highest BCUT2D eigenvalue weighted by Crippen LogP contribution is 2.35. The summed E-state index contributed by atoms with van der Waals surface area (Å²) < 4.78 is 11.0. The van der Waals surface area contributed by atoms with Gasteiger partial charge in [-0.15, -0.1) is 0 Å². The van der Waals surface area contributed by atoms with Crippen LogP contribution in [0.4, 0.5) is 0 Å². The van der Waals surface area contributed by atoms with Gasteiger partial charge in [0.15, 0.2) is 16.6 Å². The second-order valence-corrected chi connectivity index (χ2v) is 9.48. The van der Waals surface area contributed by atoms with E-state index in [1.807, 2.05) is 42.5 Å². The summed E-state index contributed by atoms with van der Waals surface area (Å²) in [4.78, 5) is 18.1. The fourth-order valence-corrected chi connectivity index (χ4v) is 4.80. The van der Waals surface area contributed by atoms with E-state index >= 15 is 0 Å². The van der Waals surface area contributed by atoms with Crippen LogP contribution in [0.3, 0.4) is 0 Å². The lowest BCUT2D eigenvalue weighted by Gasteiger charge is -2.28. The number of ether oxygens (including phenoxy) is 2. The van der Waals surface area contributed by atoms with Gasteiger partial charge in [-0.2, -0.15) is 0 Å². The monoisotopic (exact) mass is 499 g/mol. The fourth-order valence-electron chi connectivity index (χ4n) is 4.46. The van der Waals surface area contributed by atoms with Crippen LogP contribution in [-0.4, -0.2) is 28.3 Å². The number of aryl methyl sites for hydroxylation is 1. The number of nitrogens with one attached hydrogen (secondary N) is 2. The van der Waals surface area contributed by atoms with Gasteiger partial charge in [-0.1, -0.05) is 54.6 Å².